The molecule has 1 aromatic carbocycles. The number of rotatable bonds is 6. The molecular formula is C34H29N9O7. The monoisotopic (exact) mass is 675 g/mol. The quantitative estimate of drug-likeness (QED) is 0.222. The summed E-state index contributed by atoms with van der Waals surface area (Å²) in [5, 5.41) is 6.38. The molecule has 0 saturated heterocycles. The van der Waals surface area contributed by atoms with Crippen LogP contribution >= 0.6 is 0 Å². The number of hydrogen-bond donors (Lipinski definition) is 2. The van der Waals surface area contributed by atoms with Crippen molar-refractivity contribution in [1.82, 2.24) is 40.1 Å². The number of fused-ring (bicyclic) bond motifs is 16. The third-order valence-corrected chi connectivity index (χ3v) is 7.70. The summed E-state index contributed by atoms with van der Waals surface area (Å²) < 4.78 is 33.9. The highest BCUT2D eigenvalue weighted by atomic mass is 16.4. The van der Waals surface area contributed by atoms with Crippen LogP contribution in [0.2, 0.25) is 0 Å². The molecule has 252 valence electrons. The fraction of sp³-hybridized carbons (Fsp3) is 0.206. The van der Waals surface area contributed by atoms with Gasteiger partial charge in [-0.2, -0.15) is 4.98 Å². The Bertz CT molecular complexity index is 2270. The molecule has 2 N–H and O–H groups in total. The third-order valence-electron chi connectivity index (χ3n) is 7.70. The number of amides is 1. The molecule has 0 saturated carbocycles. The number of hydrogen-bond acceptors (Lipinski definition) is 15. The van der Waals surface area contributed by atoms with Crippen molar-refractivity contribution in [3.63, 3.8) is 0 Å². The Morgan fingerprint density at radius 2 is 1.32 bits per heavy atom. The van der Waals surface area contributed by atoms with Gasteiger partial charge in [0.2, 0.25) is 23.6 Å². The van der Waals surface area contributed by atoms with Crippen LogP contribution in [-0.2, 0) is 12.8 Å². The van der Waals surface area contributed by atoms with Crippen molar-refractivity contribution in [3.8, 4) is 46.3 Å². The summed E-state index contributed by atoms with van der Waals surface area (Å²) in [4.78, 5) is 42.5. The molecule has 1 aliphatic heterocycles. The van der Waals surface area contributed by atoms with E-state index in [2.05, 4.69) is 45.4 Å². The molecule has 7 heterocycles. The van der Waals surface area contributed by atoms with E-state index in [1.54, 1.807) is 6.08 Å². The third kappa shape index (κ3) is 6.59. The van der Waals surface area contributed by atoms with Crippen molar-refractivity contribution in [2.45, 2.75) is 18.9 Å². The molecule has 1 aliphatic rings. The second-order valence-corrected chi connectivity index (χ2v) is 11.7. The Balaban J connectivity index is 1.11. The second-order valence-electron chi connectivity index (χ2n) is 11.7. The van der Waals surface area contributed by atoms with Crippen molar-refractivity contribution < 1.29 is 31.3 Å². The lowest BCUT2D eigenvalue weighted by atomic mass is 10.0. The Morgan fingerprint density at radius 3 is 2.06 bits per heavy atom. The highest BCUT2D eigenvalue weighted by Gasteiger charge is 2.26. The first-order valence-electron chi connectivity index (χ1n) is 15.6. The zero-order valence-corrected chi connectivity index (χ0v) is 26.8. The number of carbonyl (C=O) groups excluding carboxylic acids is 1. The summed E-state index contributed by atoms with van der Waals surface area (Å²) in [5.74, 6) is 0.448. The van der Waals surface area contributed by atoms with Gasteiger partial charge in [0.05, 0.1) is 6.04 Å². The van der Waals surface area contributed by atoms with Gasteiger partial charge in [0.15, 0.2) is 28.7 Å². The lowest BCUT2D eigenvalue weighted by Crippen LogP contribution is -2.30. The van der Waals surface area contributed by atoms with E-state index >= 15 is 0 Å². The molecule has 8 rings (SSSR count). The number of allylic oxidation sites excluding steroid dienone is 1. The van der Waals surface area contributed by atoms with Gasteiger partial charge in [-0.15, -0.1) is 0 Å². The maximum Gasteiger partial charge on any atom is 0.307 e. The zero-order chi connectivity index (χ0) is 34.0. The van der Waals surface area contributed by atoms with E-state index in [1.807, 2.05) is 44.4 Å². The molecule has 0 radical (unpaired) electrons. The number of benzene rings is 1. The van der Waals surface area contributed by atoms with Crippen LogP contribution in [0.15, 0.2) is 94.4 Å². The van der Waals surface area contributed by atoms with Crippen LogP contribution in [0.1, 0.15) is 39.6 Å². The Labute approximate surface area is 283 Å². The number of likely N-dealkylation sites (N-methyl/N-ethyl adjacent to an activating group) is 1. The summed E-state index contributed by atoms with van der Waals surface area (Å²) >= 11 is 0. The maximum absolute atomic E-state index is 13.5. The number of nitrogens with one attached hydrogen (secondary N) is 2. The lowest BCUT2D eigenvalue weighted by molar-refractivity contribution is 0.0900. The van der Waals surface area contributed by atoms with E-state index in [0.717, 1.165) is 24.3 Å². The summed E-state index contributed by atoms with van der Waals surface area (Å²) in [5.41, 5.74) is 4.23. The SMILES string of the molecule is CN(C)CCNc1ccc(CC2NC(=O)c3nc(co3)-c3nc(co3)-c3nc(co3)/C=C/Cc3nc(co3)-c3nc(co3)-c3nc2co3)cc1. The predicted octanol–water partition coefficient (Wildman–Crippen LogP) is 5.54. The van der Waals surface area contributed by atoms with Crippen molar-refractivity contribution in [1.29, 1.82) is 0 Å². The first kappa shape index (κ1) is 30.8. The summed E-state index contributed by atoms with van der Waals surface area (Å²) in [6.07, 6.45) is 12.8. The summed E-state index contributed by atoms with van der Waals surface area (Å²) in [6, 6.07) is 7.33. The van der Waals surface area contributed by atoms with Crippen LogP contribution in [0.5, 0.6) is 0 Å². The molecule has 16 nitrogen and oxygen atoms in total. The molecule has 0 fully saturated rings. The zero-order valence-electron chi connectivity index (χ0n) is 26.8. The number of carbonyl (C=O) groups is 1. The number of aromatic nitrogens is 6. The number of nitrogens with zero attached hydrogens (tertiary/aromatic N) is 7. The average molecular weight is 676 g/mol. The van der Waals surface area contributed by atoms with Crippen LogP contribution in [0.25, 0.3) is 52.4 Å². The van der Waals surface area contributed by atoms with Crippen LogP contribution in [0.3, 0.4) is 0 Å². The fourth-order valence-corrected chi connectivity index (χ4v) is 5.15. The van der Waals surface area contributed by atoms with Crippen molar-refractivity contribution in [2.24, 2.45) is 0 Å². The van der Waals surface area contributed by atoms with Gasteiger partial charge in [0.25, 0.3) is 5.89 Å². The van der Waals surface area contributed by atoms with Crippen molar-refractivity contribution in [2.75, 3.05) is 32.5 Å². The highest BCUT2D eigenvalue weighted by molar-refractivity contribution is 5.90. The van der Waals surface area contributed by atoms with Gasteiger partial charge in [0, 0.05) is 25.2 Å². The van der Waals surface area contributed by atoms with Crippen LogP contribution < -0.4 is 10.6 Å². The van der Waals surface area contributed by atoms with Crippen molar-refractivity contribution in [3.05, 3.63) is 96.7 Å². The Morgan fingerprint density at radius 1 is 0.720 bits per heavy atom. The molecule has 1 atom stereocenters. The van der Waals surface area contributed by atoms with Gasteiger partial charge >= 0.3 is 5.91 Å². The standard InChI is InChI=1S/C34H29N9O7/c1-43(2)11-10-35-20-8-6-19(7-9-20)12-22-23-14-47-32(39-23)26-17-48-31(41-26)24-15-45-28(37-24)5-3-4-21-13-46-30(36-21)25-16-49-33(40-25)27-18-50-34(42-27)29(44)38-22/h3-4,6-9,13-18,22,35H,5,10-12H2,1-2H3,(H,38,44)/b4-3+. The minimum absolute atomic E-state index is 0.121. The highest BCUT2D eigenvalue weighted by Crippen LogP contribution is 2.28. The molecule has 0 aliphatic carbocycles. The Hall–Kier alpha value is -6.55. The molecule has 7 aromatic rings. The van der Waals surface area contributed by atoms with Gasteiger partial charge in [-0.3, -0.25) is 4.79 Å². The predicted molar refractivity (Wildman–Crippen MR) is 175 cm³/mol. The van der Waals surface area contributed by atoms with E-state index in [4.69, 9.17) is 26.5 Å². The normalized spacial score (nSPS) is 15.1. The van der Waals surface area contributed by atoms with Crippen molar-refractivity contribution >= 4 is 17.7 Å². The van der Waals surface area contributed by atoms with E-state index in [9.17, 15) is 4.79 Å². The average Bonchev–Trinajstić information content (AvgIpc) is 3.96. The van der Waals surface area contributed by atoms with Gasteiger partial charge < -0.3 is 42.0 Å². The molecule has 0 spiro atoms. The molecule has 12 bridgehead atoms. The van der Waals surface area contributed by atoms with Gasteiger partial charge in [-0.25, -0.2) is 24.9 Å². The van der Waals surface area contributed by atoms with E-state index < -0.39 is 11.9 Å². The molecular weight excluding hydrogens is 646 g/mol. The lowest BCUT2D eigenvalue weighted by Gasteiger charge is -2.16. The molecule has 6 aromatic heterocycles. The fourth-order valence-electron chi connectivity index (χ4n) is 5.15. The van der Waals surface area contributed by atoms with E-state index in [0.29, 0.717) is 47.2 Å². The minimum atomic E-state index is -0.640. The largest absolute Gasteiger partial charge is 0.448 e. The second kappa shape index (κ2) is 13.2. The molecule has 16 heteroatoms. The number of anilines is 1. The maximum atomic E-state index is 13.5. The van der Waals surface area contributed by atoms with E-state index in [-0.39, 0.29) is 35.1 Å². The van der Waals surface area contributed by atoms with Gasteiger partial charge in [-0.1, -0.05) is 18.2 Å². The smallest absolute Gasteiger partial charge is 0.307 e. The summed E-state index contributed by atoms with van der Waals surface area (Å²) in [7, 11) is 4.05. The Kier molecular flexibility index (Phi) is 8.10. The summed E-state index contributed by atoms with van der Waals surface area (Å²) in [6.45, 7) is 1.70. The number of oxazole rings is 6. The van der Waals surface area contributed by atoms with Crippen LogP contribution in [-0.4, -0.2) is 67.9 Å². The molecule has 1 amide bonds. The molecule has 1 unspecified atom stereocenters. The van der Waals surface area contributed by atoms with Gasteiger partial charge in [-0.05, 0) is 44.3 Å². The topological polar surface area (TPSA) is 201 Å². The first-order chi connectivity index (χ1) is 24.4. The molecule has 50 heavy (non-hydrogen) atoms. The van der Waals surface area contributed by atoms with Gasteiger partial charge in [0.1, 0.15) is 49.0 Å². The first-order valence-corrected chi connectivity index (χ1v) is 15.6. The van der Waals surface area contributed by atoms with Crippen LogP contribution in [0.4, 0.5) is 5.69 Å². The van der Waals surface area contributed by atoms with E-state index in [1.165, 1.54) is 37.6 Å². The van der Waals surface area contributed by atoms with Crippen LogP contribution in [0, 0.1) is 0 Å². The minimum Gasteiger partial charge on any atom is -0.448 e.